The summed E-state index contributed by atoms with van der Waals surface area (Å²) >= 11 is 0. The smallest absolute Gasteiger partial charge is 0.228 e. The van der Waals surface area contributed by atoms with Crippen molar-refractivity contribution < 1.29 is 0 Å². The molecule has 2 heterocycles. The van der Waals surface area contributed by atoms with Crippen LogP contribution in [0, 0.1) is 0 Å². The van der Waals surface area contributed by atoms with Crippen molar-refractivity contribution in [2.24, 2.45) is 0 Å². The van der Waals surface area contributed by atoms with Gasteiger partial charge in [0, 0.05) is 31.9 Å². The normalized spacial score (nSPS) is 20.0. The van der Waals surface area contributed by atoms with Crippen LogP contribution in [0.4, 0.5) is 11.8 Å². The van der Waals surface area contributed by atoms with E-state index in [0.717, 1.165) is 38.1 Å². The molecule has 6 heteroatoms. The molecule has 1 atom stereocenters. The van der Waals surface area contributed by atoms with Crippen molar-refractivity contribution in [3.05, 3.63) is 12.3 Å². The number of nitrogens with one attached hydrogen (secondary N) is 2. The van der Waals surface area contributed by atoms with Crippen LogP contribution in [0.2, 0.25) is 0 Å². The van der Waals surface area contributed by atoms with Crippen LogP contribution in [0.15, 0.2) is 12.3 Å². The van der Waals surface area contributed by atoms with E-state index in [0.29, 0.717) is 6.04 Å². The molecule has 0 radical (unpaired) electrons. The quantitative estimate of drug-likeness (QED) is 0.837. The first-order chi connectivity index (χ1) is 9.65. The minimum atomic E-state index is 0.571. The minimum Gasteiger partial charge on any atom is -0.369 e. The Morgan fingerprint density at radius 3 is 3.15 bits per heavy atom. The molecule has 6 nitrogen and oxygen atoms in total. The summed E-state index contributed by atoms with van der Waals surface area (Å²) in [7, 11) is 4.13. The number of nitrogens with zero attached hydrogens (tertiary/aromatic N) is 4. The van der Waals surface area contributed by atoms with Crippen LogP contribution in [-0.2, 0) is 0 Å². The van der Waals surface area contributed by atoms with Gasteiger partial charge in [0.05, 0.1) is 6.67 Å². The molecule has 1 aromatic heterocycles. The molecule has 0 saturated carbocycles. The van der Waals surface area contributed by atoms with Gasteiger partial charge in [-0.15, -0.1) is 0 Å². The van der Waals surface area contributed by atoms with E-state index < -0.39 is 0 Å². The summed E-state index contributed by atoms with van der Waals surface area (Å²) in [6.07, 6.45) is 4.21. The first-order valence-corrected chi connectivity index (χ1v) is 7.35. The second-order valence-electron chi connectivity index (χ2n) is 5.64. The van der Waals surface area contributed by atoms with Crippen LogP contribution in [-0.4, -0.2) is 61.3 Å². The molecule has 1 saturated heterocycles. The summed E-state index contributed by atoms with van der Waals surface area (Å²) < 4.78 is 0. The number of anilines is 2. The summed E-state index contributed by atoms with van der Waals surface area (Å²) in [4.78, 5) is 13.4. The summed E-state index contributed by atoms with van der Waals surface area (Å²) in [6, 6.07) is 2.49. The lowest BCUT2D eigenvalue weighted by molar-refractivity contribution is 0.425. The van der Waals surface area contributed by atoms with Crippen molar-refractivity contribution in [2.75, 3.05) is 50.6 Å². The Kier molecular flexibility index (Phi) is 5.55. The molecule has 1 unspecified atom stereocenters. The molecule has 2 N–H and O–H groups in total. The molecule has 2 rings (SSSR count). The van der Waals surface area contributed by atoms with Gasteiger partial charge in [0.15, 0.2) is 0 Å². The lowest BCUT2D eigenvalue weighted by atomic mass is 10.2. The predicted octanol–water partition coefficient (Wildman–Crippen LogP) is 0.986. The Morgan fingerprint density at radius 1 is 1.50 bits per heavy atom. The Balaban J connectivity index is 1.94. The van der Waals surface area contributed by atoms with Gasteiger partial charge in [0.25, 0.3) is 0 Å². The maximum atomic E-state index is 4.61. The van der Waals surface area contributed by atoms with Crippen LogP contribution in [0.1, 0.15) is 19.8 Å². The first-order valence-electron chi connectivity index (χ1n) is 7.35. The highest BCUT2D eigenvalue weighted by Gasteiger charge is 2.15. The van der Waals surface area contributed by atoms with Crippen LogP contribution >= 0.6 is 0 Å². The van der Waals surface area contributed by atoms with Crippen molar-refractivity contribution >= 4 is 11.8 Å². The molecule has 1 aliphatic rings. The Labute approximate surface area is 121 Å². The van der Waals surface area contributed by atoms with Gasteiger partial charge >= 0.3 is 0 Å². The van der Waals surface area contributed by atoms with Crippen molar-refractivity contribution in [2.45, 2.75) is 25.8 Å². The fraction of sp³-hybridized carbons (Fsp3) is 0.714. The van der Waals surface area contributed by atoms with Crippen LogP contribution < -0.4 is 15.5 Å². The van der Waals surface area contributed by atoms with E-state index in [1.807, 2.05) is 12.3 Å². The molecule has 20 heavy (non-hydrogen) atoms. The van der Waals surface area contributed by atoms with E-state index in [1.165, 1.54) is 12.8 Å². The molecule has 1 aromatic rings. The third kappa shape index (κ3) is 4.61. The predicted molar refractivity (Wildman–Crippen MR) is 83.1 cm³/mol. The highest BCUT2D eigenvalue weighted by atomic mass is 15.3. The highest BCUT2D eigenvalue weighted by Crippen LogP contribution is 2.13. The van der Waals surface area contributed by atoms with Gasteiger partial charge in [-0.3, -0.25) is 5.32 Å². The number of rotatable bonds is 5. The molecular formula is C14H26N6. The van der Waals surface area contributed by atoms with Gasteiger partial charge in [-0.05, 0) is 39.9 Å². The molecule has 0 spiro atoms. The summed E-state index contributed by atoms with van der Waals surface area (Å²) in [6.45, 7) is 5.94. The van der Waals surface area contributed by atoms with E-state index >= 15 is 0 Å². The largest absolute Gasteiger partial charge is 0.369 e. The number of aromatic nitrogens is 2. The van der Waals surface area contributed by atoms with Crippen LogP contribution in [0.3, 0.4) is 0 Å². The minimum absolute atomic E-state index is 0.571. The zero-order chi connectivity index (χ0) is 14.4. The Hall–Kier alpha value is -1.40. The maximum absolute atomic E-state index is 4.61. The highest BCUT2D eigenvalue weighted by molar-refractivity contribution is 5.41. The van der Waals surface area contributed by atoms with Crippen molar-refractivity contribution in [3.63, 3.8) is 0 Å². The second-order valence-corrected chi connectivity index (χ2v) is 5.64. The summed E-state index contributed by atoms with van der Waals surface area (Å²) in [5.74, 6) is 1.70. The molecule has 112 valence electrons. The van der Waals surface area contributed by atoms with Gasteiger partial charge in [0.1, 0.15) is 5.82 Å². The fourth-order valence-corrected chi connectivity index (χ4v) is 2.21. The molecule has 1 aliphatic heterocycles. The SMILES string of the molecule is CC1CCCN(c2nccc(NCCN(C)C)n2)CN1. The fourth-order valence-electron chi connectivity index (χ4n) is 2.21. The Bertz CT molecular complexity index is 408. The monoisotopic (exact) mass is 278 g/mol. The van der Waals surface area contributed by atoms with E-state index in [9.17, 15) is 0 Å². The van der Waals surface area contributed by atoms with Crippen LogP contribution in [0.25, 0.3) is 0 Å². The molecule has 0 bridgehead atoms. The third-order valence-electron chi connectivity index (χ3n) is 3.49. The maximum Gasteiger partial charge on any atom is 0.228 e. The molecule has 0 aliphatic carbocycles. The van der Waals surface area contributed by atoms with E-state index in [2.05, 4.69) is 51.4 Å². The topological polar surface area (TPSA) is 56.3 Å². The summed E-state index contributed by atoms with van der Waals surface area (Å²) in [5.41, 5.74) is 0. The lowest BCUT2D eigenvalue weighted by Crippen LogP contribution is -2.36. The molecule has 0 aromatic carbocycles. The van der Waals surface area contributed by atoms with Crippen molar-refractivity contribution in [1.82, 2.24) is 20.2 Å². The second kappa shape index (κ2) is 7.40. The Morgan fingerprint density at radius 2 is 2.35 bits per heavy atom. The lowest BCUT2D eigenvalue weighted by Gasteiger charge is -2.21. The van der Waals surface area contributed by atoms with Gasteiger partial charge in [-0.1, -0.05) is 0 Å². The van der Waals surface area contributed by atoms with E-state index in [4.69, 9.17) is 0 Å². The third-order valence-corrected chi connectivity index (χ3v) is 3.49. The van der Waals surface area contributed by atoms with Gasteiger partial charge in [-0.25, -0.2) is 4.98 Å². The van der Waals surface area contributed by atoms with Crippen molar-refractivity contribution in [1.29, 1.82) is 0 Å². The molecule has 1 fully saturated rings. The van der Waals surface area contributed by atoms with E-state index in [1.54, 1.807) is 0 Å². The first kappa shape index (κ1) is 15.0. The van der Waals surface area contributed by atoms with Crippen LogP contribution in [0.5, 0.6) is 0 Å². The number of likely N-dealkylation sites (N-methyl/N-ethyl adjacent to an activating group) is 1. The average molecular weight is 278 g/mol. The number of hydrogen-bond acceptors (Lipinski definition) is 6. The van der Waals surface area contributed by atoms with E-state index in [-0.39, 0.29) is 0 Å². The zero-order valence-electron chi connectivity index (χ0n) is 12.8. The average Bonchev–Trinajstić information content (AvgIpc) is 2.63. The van der Waals surface area contributed by atoms with Gasteiger partial charge in [-0.2, -0.15) is 4.98 Å². The molecular weight excluding hydrogens is 252 g/mol. The van der Waals surface area contributed by atoms with Gasteiger partial charge < -0.3 is 15.1 Å². The zero-order valence-corrected chi connectivity index (χ0v) is 12.8. The standard InChI is InChI=1S/C14H26N6/c1-12-5-4-9-20(11-17-12)14-16-7-6-13(18-14)15-8-10-19(2)3/h6-7,12,17H,4-5,8-11H2,1-3H3,(H,15,16,18). The van der Waals surface area contributed by atoms with Crippen molar-refractivity contribution in [3.8, 4) is 0 Å². The molecule has 0 amide bonds. The number of hydrogen-bond donors (Lipinski definition) is 2. The summed E-state index contributed by atoms with van der Waals surface area (Å²) in [5, 5.41) is 6.83. The van der Waals surface area contributed by atoms with Gasteiger partial charge in [0.2, 0.25) is 5.95 Å².